The number of rotatable bonds is 37. The molecule has 7 aromatic rings. The van der Waals surface area contributed by atoms with E-state index >= 15 is 43.2 Å². The number of carboxylic acids is 1. The fourth-order valence-corrected chi connectivity index (χ4v) is 17.9. The number of aliphatic carboxylic acids is 1. The van der Waals surface area contributed by atoms with Crippen LogP contribution in [0.5, 0.6) is 0 Å². The number of guanidine groups is 2. The Morgan fingerprint density at radius 2 is 1.00 bits per heavy atom. The molecule has 1 aliphatic rings. The number of aliphatic hydroxyl groups is 1. The summed E-state index contributed by atoms with van der Waals surface area (Å²) in [5.74, 6) is -25.2. The van der Waals surface area contributed by atoms with E-state index in [1.165, 1.54) is 32.6 Å². The Bertz CT molecular complexity index is 5740. The lowest BCUT2D eigenvalue weighted by Crippen LogP contribution is -2.62. The molecule has 3 heterocycles. The number of hydrogen-bond donors (Lipinski definition) is 28. The van der Waals surface area contributed by atoms with Crippen molar-refractivity contribution in [3.05, 3.63) is 150 Å². The number of aromatic amines is 2. The van der Waals surface area contributed by atoms with Crippen molar-refractivity contribution in [2.75, 3.05) is 31.1 Å². The van der Waals surface area contributed by atoms with Crippen molar-refractivity contribution in [1.29, 1.82) is 10.8 Å². The van der Waals surface area contributed by atoms with Gasteiger partial charge in [-0.25, -0.2) is 4.98 Å². The zero-order chi connectivity index (χ0) is 105. The second-order valence-corrected chi connectivity index (χ2v) is 37.6. The van der Waals surface area contributed by atoms with E-state index in [4.69, 9.17) is 39.5 Å². The molecule has 5 aromatic carbocycles. The third-order valence-corrected chi connectivity index (χ3v) is 25.2. The van der Waals surface area contributed by atoms with Gasteiger partial charge in [-0.2, -0.15) is 0 Å². The average Bonchev–Trinajstić information content (AvgIpc) is 1.71. The number of H-pyrrole nitrogens is 2. The van der Waals surface area contributed by atoms with E-state index < -0.39 is 290 Å². The Labute approximate surface area is 829 Å². The molecule has 15 atom stereocenters. The molecule has 0 saturated carbocycles. The van der Waals surface area contributed by atoms with E-state index in [0.29, 0.717) is 49.1 Å². The maximum absolute atomic E-state index is 15.7. The molecule has 50 heteroatoms. The quantitative estimate of drug-likeness (QED) is 0.00755. The lowest BCUT2D eigenvalue weighted by atomic mass is 9.96. The zero-order valence-corrected chi connectivity index (χ0v) is 81.1. The highest BCUT2D eigenvalue weighted by atomic mass is 33.1. The Kier molecular flexibility index (Phi) is 43.8. The molecular formula is C93H125N27O21S2. The SMILES string of the molecule is CC(=O)N[C@@H](CC(N)=O)C(=O)N[C@@H](CCCNC(=N)N)C(=O)N[C@@H](CC(C)C)C(=O)N[C@H]1CSSC[C@@H](C(=O)N[C@H](C(N)=O)[C@@H](C)O)NC(=O)[C@H](CCCNC(=N)N)NC(=O)[C@H](Cc2cnc[nH]2)NC(=O)[C@H](Cc2cccc3ccccc23)NC(=O)CNC(=O)[C@H](Cc2c[nH]c3ccccc23)NC(=O)[C@H](CC(=O)O)NC(=O)[C@H](CCC(N)=O)NC(=O)[C@H](Cc2cccc3ccccc23)NC(=O)[C@H](C(C)C)NC1=O. The van der Waals surface area contributed by atoms with Crippen LogP contribution in [-0.2, 0) is 117 Å². The Morgan fingerprint density at radius 1 is 0.497 bits per heavy atom. The zero-order valence-electron chi connectivity index (χ0n) is 79.5. The summed E-state index contributed by atoms with van der Waals surface area (Å²) in [5, 5.41) is 83.3. The van der Waals surface area contributed by atoms with E-state index in [0.717, 1.165) is 35.4 Å². The number of carboxylic acid groups (broad SMARTS) is 1. The fourth-order valence-electron chi connectivity index (χ4n) is 15.6. The van der Waals surface area contributed by atoms with Gasteiger partial charge >= 0.3 is 5.97 Å². The standard InChI is InChI=1S/C93H125N27O21S2/c1-46(2)33-63(112-80(130)60(27-15-31-102-92(97)98)110-87(137)68(38-73(95)124)107-49(6)122)83(133)118-70-43-142-143-44-71(90(140)120-77(48(5)121)78(96)128)117-81(131)61(28-16-32-103-93(99)100)109-86(136)67(37-55-41-101-45-106-55)114-84(134)65(34-52-21-13-19-50-17-7-9-23-56(50)52)108-74(125)42-105-79(129)64(36-54-40-104-59-26-12-11-25-58(54)59)113-88(138)69(39-75(126)127)115-82(132)62(29-30-72(94)123)111-85(135)66(116-91(141)76(47(3)4)119-89(70)139)35-53-22-14-20-51-18-8-10-24-57(51)53/h7-14,17-26,40-41,45-48,60-71,76-77,104,121H,15-16,27-39,42-44H2,1-6H3,(H2,94,123)(H2,95,124)(H2,96,128)(H,101,106)(H,105,129)(H,107,122)(H,108,125)(H,109,136)(H,110,137)(H,111,135)(H,112,130)(H,113,138)(H,114,134)(H,115,132)(H,116,141)(H,117,131)(H,118,133)(H,119,139)(H,120,140)(H,126,127)(H4,97,98,102)(H4,99,100,103)/t48-,60+,61+,62+,63+,64+,65+,66+,67+,68+,69+,70+,71+,76+,77+/m1/s1. The molecular weight excluding hydrogens is 1900 g/mol. The van der Waals surface area contributed by atoms with Crippen LogP contribution in [0.1, 0.15) is 122 Å². The summed E-state index contributed by atoms with van der Waals surface area (Å²) in [6, 6.07) is 5.96. The number of nitrogens with one attached hydrogen (secondary N) is 21. The van der Waals surface area contributed by atoms with E-state index in [9.17, 15) is 58.2 Å². The van der Waals surface area contributed by atoms with Gasteiger partial charge in [0.1, 0.15) is 84.6 Å². The van der Waals surface area contributed by atoms with Gasteiger partial charge < -0.3 is 139 Å². The third-order valence-electron chi connectivity index (χ3n) is 22.8. The average molecular weight is 2020 g/mol. The van der Waals surface area contributed by atoms with Crippen LogP contribution in [0.3, 0.4) is 0 Å². The summed E-state index contributed by atoms with van der Waals surface area (Å²) in [6.07, 6.45) is -3.29. The van der Waals surface area contributed by atoms with Gasteiger partial charge in [-0.3, -0.25) is 102 Å². The lowest BCUT2D eigenvalue weighted by Gasteiger charge is -2.30. The van der Waals surface area contributed by atoms with Crippen molar-refractivity contribution < 1.29 is 101 Å². The molecule has 143 heavy (non-hydrogen) atoms. The van der Waals surface area contributed by atoms with Crippen LogP contribution in [0.25, 0.3) is 32.4 Å². The van der Waals surface area contributed by atoms with Gasteiger partial charge in [0.05, 0.1) is 31.8 Å². The monoisotopic (exact) mass is 2020 g/mol. The first kappa shape index (κ1) is 113. The number of hydrogen-bond acceptors (Lipinski definition) is 25. The number of para-hydroxylation sites is 1. The molecule has 0 bridgehead atoms. The van der Waals surface area contributed by atoms with Gasteiger partial charge in [0.2, 0.25) is 106 Å². The number of aliphatic hydroxyl groups excluding tert-OH is 1. The van der Waals surface area contributed by atoms with Crippen LogP contribution in [0.4, 0.5) is 0 Å². The van der Waals surface area contributed by atoms with Crippen molar-refractivity contribution in [2.45, 2.75) is 216 Å². The topological polar surface area (TPSA) is 792 Å². The van der Waals surface area contributed by atoms with Gasteiger partial charge in [-0.05, 0) is 102 Å². The van der Waals surface area contributed by atoms with Crippen LogP contribution in [0.15, 0.2) is 128 Å². The van der Waals surface area contributed by atoms with Crippen LogP contribution < -0.4 is 119 Å². The number of carbonyl (C=O) groups is 19. The first-order valence-corrected chi connectivity index (χ1v) is 48.5. The Hall–Kier alpha value is -15.5. The largest absolute Gasteiger partial charge is 0.481 e. The molecule has 18 amide bonds. The molecule has 1 aliphatic heterocycles. The number of fused-ring (bicyclic) bond motifs is 3. The first-order chi connectivity index (χ1) is 67.9. The van der Waals surface area contributed by atoms with Gasteiger partial charge in [0.25, 0.3) is 0 Å². The van der Waals surface area contributed by atoms with Crippen LogP contribution >= 0.6 is 21.6 Å². The van der Waals surface area contributed by atoms with Crippen molar-refractivity contribution in [3.63, 3.8) is 0 Å². The molecule has 0 aliphatic carbocycles. The number of primary amides is 3. The molecule has 0 radical (unpaired) electrons. The maximum Gasteiger partial charge on any atom is 0.305 e. The first-order valence-electron chi connectivity index (χ1n) is 46.0. The Balaban J connectivity index is 1.28. The molecule has 0 unspecified atom stereocenters. The van der Waals surface area contributed by atoms with Gasteiger partial charge in [-0.1, -0.05) is 152 Å². The number of aromatic nitrogens is 3. The van der Waals surface area contributed by atoms with E-state index in [1.54, 1.807) is 123 Å². The molecule has 770 valence electrons. The number of imidazole rings is 1. The minimum atomic E-state index is -2.14. The normalized spacial score (nSPS) is 20.5. The second-order valence-electron chi connectivity index (χ2n) is 35.0. The van der Waals surface area contributed by atoms with Gasteiger partial charge in [0, 0.05) is 92.6 Å². The third kappa shape index (κ3) is 36.3. The van der Waals surface area contributed by atoms with Crippen molar-refractivity contribution in [3.8, 4) is 0 Å². The maximum atomic E-state index is 15.7. The van der Waals surface area contributed by atoms with Crippen molar-refractivity contribution in [1.82, 2.24) is 105 Å². The molecule has 48 nitrogen and oxygen atoms in total. The molecule has 2 aromatic heterocycles. The highest BCUT2D eigenvalue weighted by Crippen LogP contribution is 2.27. The molecule has 1 fully saturated rings. The second kappa shape index (κ2) is 55.5. The number of carbonyl (C=O) groups excluding carboxylic acids is 18. The molecule has 8 rings (SSSR count). The molecule has 0 spiro atoms. The highest BCUT2D eigenvalue weighted by Gasteiger charge is 2.41. The number of nitrogens with zero attached hydrogens (tertiary/aromatic N) is 1. The lowest BCUT2D eigenvalue weighted by molar-refractivity contribution is -0.141. The van der Waals surface area contributed by atoms with Crippen LogP contribution in [-0.4, -0.2) is 271 Å². The van der Waals surface area contributed by atoms with Crippen LogP contribution in [0.2, 0.25) is 0 Å². The van der Waals surface area contributed by atoms with Crippen molar-refractivity contribution in [2.24, 2.45) is 40.5 Å². The number of amides is 18. The predicted octanol–water partition coefficient (Wildman–Crippen LogP) is -4.50. The minimum absolute atomic E-state index is 0.00447. The number of benzene rings is 5. The Morgan fingerprint density at radius 3 is 1.56 bits per heavy atom. The molecule has 33 N–H and O–H groups in total. The fraction of sp³-hybridized carbons (Fsp3) is 0.441. The summed E-state index contributed by atoms with van der Waals surface area (Å²) in [6.45, 7) is 7.35. The predicted molar refractivity (Wildman–Crippen MR) is 528 cm³/mol. The van der Waals surface area contributed by atoms with E-state index in [-0.39, 0.29) is 57.3 Å². The summed E-state index contributed by atoms with van der Waals surface area (Å²) < 4.78 is 0. The van der Waals surface area contributed by atoms with E-state index in [2.05, 4.69) is 105 Å². The smallest absolute Gasteiger partial charge is 0.305 e. The summed E-state index contributed by atoms with van der Waals surface area (Å²) in [7, 11) is 1.45. The minimum Gasteiger partial charge on any atom is -0.481 e. The summed E-state index contributed by atoms with van der Waals surface area (Å²) >= 11 is 0. The number of nitrogens with two attached hydrogens (primary N) is 5. The van der Waals surface area contributed by atoms with Crippen LogP contribution in [0, 0.1) is 22.7 Å². The van der Waals surface area contributed by atoms with Crippen molar-refractivity contribution >= 4 is 178 Å². The summed E-state index contributed by atoms with van der Waals surface area (Å²) in [4.78, 5) is 285. The van der Waals surface area contributed by atoms with E-state index in [1.807, 2.05) is 0 Å². The van der Waals surface area contributed by atoms with Gasteiger partial charge in [0.15, 0.2) is 11.9 Å². The summed E-state index contributed by atoms with van der Waals surface area (Å²) in [5.41, 5.74) is 30.1. The molecule has 1 saturated heterocycles. The highest BCUT2D eigenvalue weighted by molar-refractivity contribution is 8.76. The van der Waals surface area contributed by atoms with Gasteiger partial charge in [-0.15, -0.1) is 0 Å².